The Morgan fingerprint density at radius 2 is 1.73 bits per heavy atom. The van der Waals surface area contributed by atoms with Crippen molar-refractivity contribution in [1.29, 1.82) is 0 Å². The molecule has 0 N–H and O–H groups in total. The first-order chi connectivity index (χ1) is 14.8. The Balaban J connectivity index is 1.29. The fourth-order valence-electron chi connectivity index (χ4n) is 2.64. The second-order valence-electron chi connectivity index (χ2n) is 6.36. The van der Waals surface area contributed by atoms with Gasteiger partial charge in [-0.1, -0.05) is 47.6 Å². The van der Waals surface area contributed by atoms with Crippen LogP contribution in [0, 0.1) is 5.82 Å². The van der Waals surface area contributed by atoms with E-state index in [2.05, 4.69) is 15.4 Å². The second kappa shape index (κ2) is 9.47. The topological polar surface area (TPSA) is 69.7 Å². The number of hydrogen-bond acceptors (Lipinski definition) is 6. The summed E-state index contributed by atoms with van der Waals surface area (Å²) in [4.78, 5) is 5.23. The molecular weight excluding hydrogens is 385 g/mol. The Hall–Kier alpha value is -4.00. The van der Waals surface area contributed by atoms with Gasteiger partial charge in [-0.05, 0) is 47.5 Å². The van der Waals surface area contributed by atoms with Crippen LogP contribution in [0.5, 0.6) is 5.75 Å². The Kier molecular flexibility index (Phi) is 6.10. The number of halogens is 1. The molecule has 4 aromatic rings. The van der Waals surface area contributed by atoms with Crippen LogP contribution < -0.4 is 4.74 Å². The van der Waals surface area contributed by atoms with Crippen LogP contribution >= 0.6 is 0 Å². The predicted molar refractivity (Wildman–Crippen MR) is 109 cm³/mol. The number of ether oxygens (including phenoxy) is 1. The molecule has 0 amide bonds. The highest BCUT2D eigenvalue weighted by molar-refractivity contribution is 5.79. The minimum Gasteiger partial charge on any atom is -0.489 e. The van der Waals surface area contributed by atoms with Crippen molar-refractivity contribution in [3.05, 3.63) is 102 Å². The minimum atomic E-state index is -0.328. The van der Waals surface area contributed by atoms with E-state index in [1.807, 2.05) is 54.6 Å². The second-order valence-corrected chi connectivity index (χ2v) is 6.36. The monoisotopic (exact) mass is 403 g/mol. The molecular formula is C23H18FN3O3. The summed E-state index contributed by atoms with van der Waals surface area (Å²) < 4.78 is 24.3. The van der Waals surface area contributed by atoms with Crippen LogP contribution in [0.25, 0.3) is 11.5 Å². The summed E-state index contributed by atoms with van der Waals surface area (Å²) in [6, 6.07) is 23.3. The number of aromatic nitrogens is 2. The Bertz CT molecular complexity index is 1110. The van der Waals surface area contributed by atoms with Crippen molar-refractivity contribution >= 4 is 6.21 Å². The van der Waals surface area contributed by atoms with Crippen molar-refractivity contribution in [1.82, 2.24) is 10.2 Å². The minimum absolute atomic E-state index is 0.0227. The molecule has 0 saturated carbocycles. The van der Waals surface area contributed by atoms with Gasteiger partial charge in [-0.25, -0.2) is 4.39 Å². The summed E-state index contributed by atoms with van der Waals surface area (Å²) in [5, 5.41) is 11.8. The van der Waals surface area contributed by atoms with Crippen LogP contribution in [0.3, 0.4) is 0 Å². The Morgan fingerprint density at radius 3 is 2.57 bits per heavy atom. The third-order valence-electron chi connectivity index (χ3n) is 4.13. The van der Waals surface area contributed by atoms with E-state index < -0.39 is 0 Å². The largest absolute Gasteiger partial charge is 0.489 e. The molecule has 0 spiro atoms. The van der Waals surface area contributed by atoms with Gasteiger partial charge >= 0.3 is 0 Å². The highest BCUT2D eigenvalue weighted by Gasteiger charge is 2.08. The highest BCUT2D eigenvalue weighted by Crippen LogP contribution is 2.18. The molecule has 0 aliphatic carbocycles. The van der Waals surface area contributed by atoms with E-state index in [1.165, 1.54) is 12.1 Å². The van der Waals surface area contributed by atoms with Gasteiger partial charge in [0.05, 0.1) is 6.21 Å². The first kappa shape index (κ1) is 19.3. The first-order valence-electron chi connectivity index (χ1n) is 9.27. The Labute approximate surface area is 172 Å². The first-order valence-corrected chi connectivity index (χ1v) is 9.27. The summed E-state index contributed by atoms with van der Waals surface area (Å²) in [5.74, 6) is 0.974. The Morgan fingerprint density at radius 1 is 0.900 bits per heavy atom. The fraction of sp³-hybridized carbons (Fsp3) is 0.0870. The molecule has 7 heteroatoms. The molecule has 1 aromatic heterocycles. The predicted octanol–water partition coefficient (Wildman–Crippen LogP) is 5.01. The van der Waals surface area contributed by atoms with Crippen molar-refractivity contribution in [2.45, 2.75) is 13.2 Å². The lowest BCUT2D eigenvalue weighted by Gasteiger charge is -2.06. The molecule has 0 fully saturated rings. The van der Waals surface area contributed by atoms with Crippen molar-refractivity contribution in [2.75, 3.05) is 0 Å². The lowest BCUT2D eigenvalue weighted by atomic mass is 10.2. The highest BCUT2D eigenvalue weighted by atomic mass is 19.1. The average molecular weight is 403 g/mol. The summed E-state index contributed by atoms with van der Waals surface area (Å²) in [6.07, 6.45) is 1.58. The van der Waals surface area contributed by atoms with E-state index >= 15 is 0 Å². The maximum atomic E-state index is 13.0. The van der Waals surface area contributed by atoms with E-state index in [4.69, 9.17) is 14.0 Å². The molecule has 150 valence electrons. The van der Waals surface area contributed by atoms with Gasteiger partial charge in [-0.2, -0.15) is 0 Å². The van der Waals surface area contributed by atoms with Crippen LogP contribution in [-0.2, 0) is 18.1 Å². The van der Waals surface area contributed by atoms with Crippen LogP contribution in [-0.4, -0.2) is 16.4 Å². The quantitative estimate of drug-likeness (QED) is 0.306. The van der Waals surface area contributed by atoms with Crippen LogP contribution in [0.15, 0.2) is 88.4 Å². The van der Waals surface area contributed by atoms with E-state index in [1.54, 1.807) is 18.3 Å². The lowest BCUT2D eigenvalue weighted by molar-refractivity contribution is 0.112. The normalized spacial score (nSPS) is 11.0. The van der Waals surface area contributed by atoms with Gasteiger partial charge in [-0.15, -0.1) is 10.2 Å². The number of oxime groups is 1. The van der Waals surface area contributed by atoms with E-state index in [9.17, 15) is 4.39 Å². The summed E-state index contributed by atoms with van der Waals surface area (Å²) in [7, 11) is 0. The molecule has 30 heavy (non-hydrogen) atoms. The molecule has 0 bridgehead atoms. The van der Waals surface area contributed by atoms with Gasteiger partial charge in [0.1, 0.15) is 18.2 Å². The maximum Gasteiger partial charge on any atom is 0.257 e. The molecule has 0 aliphatic rings. The molecule has 1 heterocycles. The molecule has 0 radical (unpaired) electrons. The van der Waals surface area contributed by atoms with E-state index in [0.717, 1.165) is 16.9 Å². The zero-order valence-corrected chi connectivity index (χ0v) is 15.9. The van der Waals surface area contributed by atoms with Crippen LogP contribution in [0.4, 0.5) is 4.39 Å². The standard InChI is InChI=1S/C23H18FN3O3/c24-20-11-9-19(10-12-20)23-27-26-22(30-23)16-29-25-14-18-7-4-8-21(13-18)28-15-17-5-2-1-3-6-17/h1-14H,15-16H2/b25-14-. The van der Waals surface area contributed by atoms with Crippen LogP contribution in [0.2, 0.25) is 0 Å². The molecule has 0 saturated heterocycles. The smallest absolute Gasteiger partial charge is 0.257 e. The van der Waals surface area contributed by atoms with Gasteiger partial charge < -0.3 is 14.0 Å². The average Bonchev–Trinajstić information content (AvgIpc) is 3.26. The van der Waals surface area contributed by atoms with Crippen molar-refractivity contribution < 1.29 is 18.4 Å². The molecule has 0 atom stereocenters. The SMILES string of the molecule is Fc1ccc(-c2nnc(CO/N=C\c3cccc(OCc4ccccc4)c3)o2)cc1. The van der Waals surface area contributed by atoms with Gasteiger partial charge in [0, 0.05) is 5.56 Å². The van der Waals surface area contributed by atoms with E-state index in [0.29, 0.717) is 18.1 Å². The third-order valence-corrected chi connectivity index (χ3v) is 4.13. The van der Waals surface area contributed by atoms with Crippen molar-refractivity contribution in [2.24, 2.45) is 5.16 Å². The molecule has 4 rings (SSSR count). The zero-order valence-electron chi connectivity index (χ0n) is 15.9. The van der Waals surface area contributed by atoms with E-state index in [-0.39, 0.29) is 18.3 Å². The molecule has 6 nitrogen and oxygen atoms in total. The van der Waals surface area contributed by atoms with Gasteiger partial charge in [0.15, 0.2) is 6.61 Å². The van der Waals surface area contributed by atoms with Gasteiger partial charge in [0.2, 0.25) is 5.89 Å². The molecule has 0 unspecified atom stereocenters. The van der Waals surface area contributed by atoms with Crippen molar-refractivity contribution in [3.63, 3.8) is 0 Å². The number of benzene rings is 3. The van der Waals surface area contributed by atoms with Gasteiger partial charge in [0.25, 0.3) is 5.89 Å². The summed E-state index contributed by atoms with van der Waals surface area (Å²) in [5.41, 5.74) is 2.56. The summed E-state index contributed by atoms with van der Waals surface area (Å²) >= 11 is 0. The zero-order chi connectivity index (χ0) is 20.6. The molecule has 3 aromatic carbocycles. The number of nitrogens with zero attached hydrogens (tertiary/aromatic N) is 3. The van der Waals surface area contributed by atoms with Crippen molar-refractivity contribution in [3.8, 4) is 17.2 Å². The van der Waals surface area contributed by atoms with Gasteiger partial charge in [-0.3, -0.25) is 0 Å². The lowest BCUT2D eigenvalue weighted by Crippen LogP contribution is -1.95. The number of hydrogen-bond donors (Lipinski definition) is 0. The maximum absolute atomic E-state index is 13.0. The number of rotatable bonds is 8. The third kappa shape index (κ3) is 5.29. The molecule has 0 aliphatic heterocycles. The fourth-order valence-corrected chi connectivity index (χ4v) is 2.64. The van der Waals surface area contributed by atoms with Crippen LogP contribution in [0.1, 0.15) is 17.0 Å². The summed E-state index contributed by atoms with van der Waals surface area (Å²) in [6.45, 7) is 0.514.